The molecule has 0 bridgehead atoms. The molecule has 0 saturated heterocycles. The summed E-state index contributed by atoms with van der Waals surface area (Å²) in [6, 6.07) is 1.95. The number of hydrogen-bond donors (Lipinski definition) is 0. The first-order chi connectivity index (χ1) is 5.29. The first-order valence-electron chi connectivity index (χ1n) is 4.26. The Morgan fingerprint density at radius 2 is 2.00 bits per heavy atom. The number of rotatable bonds is 2. The van der Waals surface area contributed by atoms with Crippen molar-refractivity contribution in [2.24, 2.45) is 5.92 Å². The van der Waals surface area contributed by atoms with Gasteiger partial charge < -0.3 is 0 Å². The van der Waals surface area contributed by atoms with Crippen LogP contribution in [0.4, 0.5) is 0 Å². The summed E-state index contributed by atoms with van der Waals surface area (Å²) in [5, 5.41) is 4.07. The van der Waals surface area contributed by atoms with Gasteiger partial charge in [-0.3, -0.25) is 4.68 Å². The van der Waals surface area contributed by atoms with Crippen molar-refractivity contribution in [3.8, 4) is 0 Å². The van der Waals surface area contributed by atoms with E-state index in [4.69, 9.17) is 0 Å². The Morgan fingerprint density at radius 1 is 1.36 bits per heavy atom. The zero-order valence-electron chi connectivity index (χ0n) is 7.91. The fourth-order valence-corrected chi connectivity index (χ4v) is 0.783. The quantitative estimate of drug-likeness (QED) is 0.640. The van der Waals surface area contributed by atoms with Crippen molar-refractivity contribution >= 4 is 0 Å². The van der Waals surface area contributed by atoms with Crippen molar-refractivity contribution in [3.05, 3.63) is 18.5 Å². The van der Waals surface area contributed by atoms with Gasteiger partial charge in [0.2, 0.25) is 0 Å². The molecule has 11 heavy (non-hydrogen) atoms. The summed E-state index contributed by atoms with van der Waals surface area (Å²) in [6.45, 7) is 9.39. The van der Waals surface area contributed by atoms with Crippen LogP contribution in [0.15, 0.2) is 18.5 Å². The lowest BCUT2D eigenvalue weighted by molar-refractivity contribution is 0.483. The van der Waals surface area contributed by atoms with Gasteiger partial charge in [-0.05, 0) is 12.0 Å². The zero-order valence-corrected chi connectivity index (χ0v) is 7.91. The van der Waals surface area contributed by atoms with Crippen molar-refractivity contribution < 1.29 is 0 Å². The average Bonchev–Trinajstić information content (AvgIpc) is 2.43. The van der Waals surface area contributed by atoms with Crippen LogP contribution in [0, 0.1) is 5.92 Å². The number of hydrogen-bond acceptors (Lipinski definition) is 1. The minimum atomic E-state index is 0.685. The Labute approximate surface area is 69.2 Å². The Morgan fingerprint density at radius 3 is 2.36 bits per heavy atom. The highest BCUT2D eigenvalue weighted by molar-refractivity contribution is 4.77. The maximum atomic E-state index is 4.07. The van der Waals surface area contributed by atoms with Crippen molar-refractivity contribution in [1.29, 1.82) is 0 Å². The molecule has 0 aliphatic heterocycles. The molecule has 1 rings (SSSR count). The molecule has 0 spiro atoms. The second-order valence-corrected chi connectivity index (χ2v) is 2.62. The maximum Gasteiger partial charge on any atom is 0.0489 e. The van der Waals surface area contributed by atoms with Gasteiger partial charge in [0.1, 0.15) is 0 Å². The maximum absolute atomic E-state index is 4.07. The smallest absolute Gasteiger partial charge is 0.0489 e. The lowest BCUT2D eigenvalue weighted by Crippen LogP contribution is -2.03. The Hall–Kier alpha value is -0.790. The predicted octanol–water partition coefficient (Wildman–Crippen LogP) is 2.57. The molecule has 2 nitrogen and oxygen atoms in total. The lowest BCUT2D eigenvalue weighted by Gasteiger charge is -2.02. The Balaban J connectivity index is 0.000000461. The molecule has 0 atom stereocenters. The molecule has 0 amide bonds. The van der Waals surface area contributed by atoms with E-state index in [1.165, 1.54) is 0 Å². The highest BCUT2D eigenvalue weighted by Crippen LogP contribution is 1.95. The van der Waals surface area contributed by atoms with Crippen LogP contribution in [0.3, 0.4) is 0 Å². The Bertz CT molecular complexity index is 154. The summed E-state index contributed by atoms with van der Waals surface area (Å²) < 4.78 is 1.95. The first kappa shape index (κ1) is 10.2. The molecule has 1 heterocycles. The fraction of sp³-hybridized carbons (Fsp3) is 0.667. The van der Waals surface area contributed by atoms with Gasteiger partial charge in [-0.2, -0.15) is 5.10 Å². The Kier molecular flexibility index (Phi) is 5.53. The van der Waals surface area contributed by atoms with Crippen molar-refractivity contribution in [2.75, 3.05) is 0 Å². The molecular formula is C9H18N2. The summed E-state index contributed by atoms with van der Waals surface area (Å²) in [5.74, 6) is 0.685. The van der Waals surface area contributed by atoms with Gasteiger partial charge in [-0.15, -0.1) is 0 Å². The van der Waals surface area contributed by atoms with Crippen LogP contribution in [0.5, 0.6) is 0 Å². The van der Waals surface area contributed by atoms with E-state index in [0.717, 1.165) is 6.54 Å². The van der Waals surface area contributed by atoms with Crippen LogP contribution < -0.4 is 0 Å². The van der Waals surface area contributed by atoms with E-state index in [0.29, 0.717) is 5.92 Å². The van der Waals surface area contributed by atoms with Crippen molar-refractivity contribution in [2.45, 2.75) is 34.2 Å². The van der Waals surface area contributed by atoms with Gasteiger partial charge in [0.15, 0.2) is 0 Å². The van der Waals surface area contributed by atoms with Gasteiger partial charge in [0, 0.05) is 18.9 Å². The molecule has 0 aliphatic rings. The second kappa shape index (κ2) is 5.96. The molecule has 0 saturated carbocycles. The molecule has 1 aromatic rings. The highest BCUT2D eigenvalue weighted by atomic mass is 15.3. The van der Waals surface area contributed by atoms with Crippen LogP contribution in [-0.4, -0.2) is 9.78 Å². The largest absolute Gasteiger partial charge is 0.273 e. The number of aromatic nitrogens is 2. The van der Waals surface area contributed by atoms with Gasteiger partial charge in [-0.1, -0.05) is 27.7 Å². The molecule has 0 N–H and O–H groups in total. The minimum absolute atomic E-state index is 0.685. The molecule has 2 heteroatoms. The molecule has 1 aromatic heterocycles. The standard InChI is InChI=1S/C7H12N2.C2H6/c1-7(2)6-9-5-3-4-8-9;1-2/h3-5,7H,6H2,1-2H3;1-2H3. The van der Waals surface area contributed by atoms with Crippen molar-refractivity contribution in [3.63, 3.8) is 0 Å². The summed E-state index contributed by atoms with van der Waals surface area (Å²) in [4.78, 5) is 0. The topological polar surface area (TPSA) is 17.8 Å². The van der Waals surface area contributed by atoms with E-state index in [1.54, 1.807) is 0 Å². The second-order valence-electron chi connectivity index (χ2n) is 2.62. The molecule has 64 valence electrons. The fourth-order valence-electron chi connectivity index (χ4n) is 0.783. The molecular weight excluding hydrogens is 136 g/mol. The van der Waals surface area contributed by atoms with Gasteiger partial charge in [0.25, 0.3) is 0 Å². The van der Waals surface area contributed by atoms with Crippen LogP contribution in [0.2, 0.25) is 0 Å². The molecule has 0 aromatic carbocycles. The third-order valence-corrected chi connectivity index (χ3v) is 1.11. The third kappa shape index (κ3) is 4.59. The highest BCUT2D eigenvalue weighted by Gasteiger charge is 1.93. The van der Waals surface area contributed by atoms with E-state index in [9.17, 15) is 0 Å². The molecule has 0 unspecified atom stereocenters. The zero-order chi connectivity index (χ0) is 8.69. The normalized spacial score (nSPS) is 9.18. The summed E-state index contributed by atoms with van der Waals surface area (Å²) in [5.41, 5.74) is 0. The van der Waals surface area contributed by atoms with Gasteiger partial charge in [-0.25, -0.2) is 0 Å². The minimum Gasteiger partial charge on any atom is -0.273 e. The van der Waals surface area contributed by atoms with Gasteiger partial charge in [0.05, 0.1) is 0 Å². The van der Waals surface area contributed by atoms with Crippen LogP contribution in [0.25, 0.3) is 0 Å². The van der Waals surface area contributed by atoms with E-state index in [-0.39, 0.29) is 0 Å². The number of nitrogens with zero attached hydrogens (tertiary/aromatic N) is 2. The van der Waals surface area contributed by atoms with E-state index < -0.39 is 0 Å². The average molecular weight is 154 g/mol. The van der Waals surface area contributed by atoms with E-state index in [1.807, 2.05) is 37.0 Å². The van der Waals surface area contributed by atoms with Crippen molar-refractivity contribution in [1.82, 2.24) is 9.78 Å². The molecule has 0 aliphatic carbocycles. The van der Waals surface area contributed by atoms with Crippen LogP contribution >= 0.6 is 0 Å². The SMILES string of the molecule is CC.CC(C)Cn1cccn1. The van der Waals surface area contributed by atoms with E-state index >= 15 is 0 Å². The lowest BCUT2D eigenvalue weighted by atomic mass is 10.2. The van der Waals surface area contributed by atoms with Gasteiger partial charge >= 0.3 is 0 Å². The molecule has 0 fully saturated rings. The van der Waals surface area contributed by atoms with E-state index in [2.05, 4.69) is 18.9 Å². The summed E-state index contributed by atoms with van der Waals surface area (Å²) in [6.07, 6.45) is 3.79. The third-order valence-electron chi connectivity index (χ3n) is 1.11. The predicted molar refractivity (Wildman–Crippen MR) is 48.4 cm³/mol. The summed E-state index contributed by atoms with van der Waals surface area (Å²) in [7, 11) is 0. The van der Waals surface area contributed by atoms with Crippen LogP contribution in [-0.2, 0) is 6.54 Å². The van der Waals surface area contributed by atoms with Crippen LogP contribution in [0.1, 0.15) is 27.7 Å². The molecule has 0 radical (unpaired) electrons. The monoisotopic (exact) mass is 154 g/mol. The first-order valence-corrected chi connectivity index (χ1v) is 4.26. The summed E-state index contributed by atoms with van der Waals surface area (Å²) >= 11 is 0.